The first-order valence-corrected chi connectivity index (χ1v) is 7.19. The SMILES string of the molecule is Cc1c(NC(=O)[C@H]2CCCC[C@H]2C(=O)O)cccc1[N+](=O)[O-]. The lowest BCUT2D eigenvalue weighted by atomic mass is 9.78. The standard InChI is InChI=1S/C15H18N2O5/c1-9-12(7-4-8-13(9)17(21)22)16-14(18)10-5-2-3-6-11(10)15(19)20/h4,7-8,10-11H,2-3,5-6H2,1H3,(H,16,18)(H,19,20)/t10-,11+/m0/s1. The van der Waals surface area contributed by atoms with Gasteiger partial charge in [-0.2, -0.15) is 0 Å². The molecule has 2 N–H and O–H groups in total. The van der Waals surface area contributed by atoms with E-state index in [2.05, 4.69) is 5.32 Å². The van der Waals surface area contributed by atoms with Gasteiger partial charge in [-0.1, -0.05) is 18.9 Å². The molecule has 0 aromatic heterocycles. The Morgan fingerprint density at radius 3 is 2.50 bits per heavy atom. The van der Waals surface area contributed by atoms with Crippen molar-refractivity contribution in [2.24, 2.45) is 11.8 Å². The minimum Gasteiger partial charge on any atom is -0.481 e. The van der Waals surface area contributed by atoms with Crippen molar-refractivity contribution in [3.63, 3.8) is 0 Å². The minimum atomic E-state index is -0.962. The molecule has 7 nitrogen and oxygen atoms in total. The van der Waals surface area contributed by atoms with Crippen molar-refractivity contribution in [1.29, 1.82) is 0 Å². The zero-order valence-corrected chi connectivity index (χ0v) is 12.2. The van der Waals surface area contributed by atoms with Crippen LogP contribution in [0.25, 0.3) is 0 Å². The van der Waals surface area contributed by atoms with E-state index in [0.717, 1.165) is 12.8 Å². The van der Waals surface area contributed by atoms with Crippen LogP contribution in [0.5, 0.6) is 0 Å². The van der Waals surface area contributed by atoms with E-state index in [9.17, 15) is 24.8 Å². The number of rotatable bonds is 4. The number of hydrogen-bond donors (Lipinski definition) is 2. The van der Waals surface area contributed by atoms with Gasteiger partial charge in [0.2, 0.25) is 5.91 Å². The summed E-state index contributed by atoms with van der Waals surface area (Å²) in [5, 5.41) is 22.8. The first-order chi connectivity index (χ1) is 10.4. The molecule has 1 aromatic rings. The summed E-state index contributed by atoms with van der Waals surface area (Å²) in [6.07, 6.45) is 2.63. The van der Waals surface area contributed by atoms with Gasteiger partial charge in [0.25, 0.3) is 5.69 Å². The fraction of sp³-hybridized carbons (Fsp3) is 0.467. The van der Waals surface area contributed by atoms with Gasteiger partial charge in [0.1, 0.15) is 0 Å². The number of anilines is 1. The van der Waals surface area contributed by atoms with Crippen molar-refractivity contribution in [2.45, 2.75) is 32.6 Å². The maximum atomic E-state index is 12.4. The largest absolute Gasteiger partial charge is 0.481 e. The number of carboxylic acids is 1. The van der Waals surface area contributed by atoms with Crippen LogP contribution < -0.4 is 5.32 Å². The van der Waals surface area contributed by atoms with Crippen LogP contribution in [-0.2, 0) is 9.59 Å². The summed E-state index contributed by atoms with van der Waals surface area (Å²) in [6.45, 7) is 1.56. The monoisotopic (exact) mass is 306 g/mol. The fourth-order valence-corrected chi connectivity index (χ4v) is 2.92. The molecule has 0 spiro atoms. The average molecular weight is 306 g/mol. The molecule has 0 bridgehead atoms. The molecule has 1 aromatic carbocycles. The van der Waals surface area contributed by atoms with Gasteiger partial charge in [-0.3, -0.25) is 19.7 Å². The van der Waals surface area contributed by atoms with E-state index in [1.165, 1.54) is 12.1 Å². The molecular weight excluding hydrogens is 288 g/mol. The maximum absolute atomic E-state index is 12.4. The second kappa shape index (κ2) is 6.55. The number of nitrogens with zero attached hydrogens (tertiary/aromatic N) is 1. The molecule has 0 saturated heterocycles. The Labute approximate surface area is 127 Å². The number of aliphatic carboxylic acids is 1. The highest BCUT2D eigenvalue weighted by atomic mass is 16.6. The van der Waals surface area contributed by atoms with Gasteiger partial charge in [0.15, 0.2) is 0 Å². The summed E-state index contributed by atoms with van der Waals surface area (Å²) in [5.74, 6) is -2.62. The fourth-order valence-electron chi connectivity index (χ4n) is 2.92. The molecule has 0 heterocycles. The number of carbonyl (C=O) groups excluding carboxylic acids is 1. The number of amides is 1. The first-order valence-electron chi connectivity index (χ1n) is 7.19. The predicted molar refractivity (Wildman–Crippen MR) is 79.5 cm³/mol. The molecule has 118 valence electrons. The highest BCUT2D eigenvalue weighted by Crippen LogP contribution is 2.32. The van der Waals surface area contributed by atoms with Crippen molar-refractivity contribution in [3.05, 3.63) is 33.9 Å². The molecule has 1 aliphatic rings. The van der Waals surface area contributed by atoms with Gasteiger partial charge < -0.3 is 10.4 Å². The molecule has 1 aliphatic carbocycles. The Morgan fingerprint density at radius 1 is 1.27 bits per heavy atom. The summed E-state index contributed by atoms with van der Waals surface area (Å²) < 4.78 is 0. The number of nitro benzene ring substituents is 1. The number of benzene rings is 1. The van der Waals surface area contributed by atoms with Gasteiger partial charge in [-0.25, -0.2) is 0 Å². The van der Waals surface area contributed by atoms with Gasteiger partial charge in [-0.05, 0) is 25.8 Å². The third-order valence-corrected chi connectivity index (χ3v) is 4.18. The minimum absolute atomic E-state index is 0.0729. The zero-order chi connectivity index (χ0) is 16.3. The van der Waals surface area contributed by atoms with Crippen molar-refractivity contribution >= 4 is 23.3 Å². The Kier molecular flexibility index (Phi) is 4.75. The molecule has 0 radical (unpaired) electrons. The van der Waals surface area contributed by atoms with Gasteiger partial charge in [-0.15, -0.1) is 0 Å². The summed E-state index contributed by atoms with van der Waals surface area (Å²) in [5.41, 5.74) is 0.647. The van der Waals surface area contributed by atoms with E-state index in [0.29, 0.717) is 24.1 Å². The molecule has 2 atom stereocenters. The molecule has 0 aliphatic heterocycles. The van der Waals surface area contributed by atoms with Crippen molar-refractivity contribution < 1.29 is 19.6 Å². The third kappa shape index (κ3) is 3.24. The van der Waals surface area contributed by atoms with Crippen molar-refractivity contribution in [1.82, 2.24) is 0 Å². The normalized spacial score (nSPS) is 21.1. The lowest BCUT2D eigenvalue weighted by molar-refractivity contribution is -0.385. The van der Waals surface area contributed by atoms with Crippen LogP contribution in [0.15, 0.2) is 18.2 Å². The van der Waals surface area contributed by atoms with Crippen molar-refractivity contribution in [3.8, 4) is 0 Å². The van der Waals surface area contributed by atoms with E-state index in [1.54, 1.807) is 13.0 Å². The van der Waals surface area contributed by atoms with Crippen LogP contribution in [0, 0.1) is 28.9 Å². The lowest BCUT2D eigenvalue weighted by Gasteiger charge is -2.27. The molecule has 1 fully saturated rings. The van der Waals surface area contributed by atoms with Crippen LogP contribution in [0.1, 0.15) is 31.2 Å². The summed E-state index contributed by atoms with van der Waals surface area (Å²) in [6, 6.07) is 4.45. The highest BCUT2D eigenvalue weighted by Gasteiger charge is 2.36. The Hall–Kier alpha value is -2.44. The summed E-state index contributed by atoms with van der Waals surface area (Å²) in [4.78, 5) is 34.0. The van der Waals surface area contributed by atoms with Gasteiger partial charge in [0.05, 0.1) is 28.0 Å². The van der Waals surface area contributed by atoms with Crippen LogP contribution in [-0.4, -0.2) is 21.9 Å². The number of carboxylic acid groups (broad SMARTS) is 1. The number of carbonyl (C=O) groups is 2. The Morgan fingerprint density at radius 2 is 1.91 bits per heavy atom. The van der Waals surface area contributed by atoms with E-state index in [-0.39, 0.29) is 11.6 Å². The zero-order valence-electron chi connectivity index (χ0n) is 12.2. The van der Waals surface area contributed by atoms with Crippen LogP contribution in [0.3, 0.4) is 0 Å². The molecule has 0 unspecified atom stereocenters. The van der Waals surface area contributed by atoms with E-state index < -0.39 is 22.7 Å². The van der Waals surface area contributed by atoms with E-state index in [4.69, 9.17) is 0 Å². The smallest absolute Gasteiger partial charge is 0.307 e. The third-order valence-electron chi connectivity index (χ3n) is 4.18. The molecule has 1 amide bonds. The molecule has 2 rings (SSSR count). The molecule has 1 saturated carbocycles. The van der Waals surface area contributed by atoms with Gasteiger partial charge in [0, 0.05) is 6.07 Å². The van der Waals surface area contributed by atoms with Gasteiger partial charge >= 0.3 is 5.97 Å². The van der Waals surface area contributed by atoms with Crippen LogP contribution >= 0.6 is 0 Å². The Balaban J connectivity index is 2.19. The molecular formula is C15H18N2O5. The highest BCUT2D eigenvalue weighted by molar-refractivity contribution is 5.96. The average Bonchev–Trinajstić information content (AvgIpc) is 2.49. The predicted octanol–water partition coefficient (Wildman–Crippen LogP) is 2.73. The maximum Gasteiger partial charge on any atom is 0.307 e. The lowest BCUT2D eigenvalue weighted by Crippen LogP contribution is -2.36. The Bertz CT molecular complexity index is 614. The molecule has 7 heteroatoms. The molecule has 22 heavy (non-hydrogen) atoms. The van der Waals surface area contributed by atoms with Crippen molar-refractivity contribution in [2.75, 3.05) is 5.32 Å². The van der Waals surface area contributed by atoms with Crippen LogP contribution in [0.4, 0.5) is 11.4 Å². The van der Waals surface area contributed by atoms with Crippen LogP contribution in [0.2, 0.25) is 0 Å². The topological polar surface area (TPSA) is 110 Å². The second-order valence-corrected chi connectivity index (χ2v) is 5.53. The second-order valence-electron chi connectivity index (χ2n) is 5.53. The number of nitro groups is 1. The quantitative estimate of drug-likeness (QED) is 0.656. The van der Waals surface area contributed by atoms with E-state index >= 15 is 0 Å². The summed E-state index contributed by atoms with van der Waals surface area (Å²) >= 11 is 0. The number of nitrogens with one attached hydrogen (secondary N) is 1. The van der Waals surface area contributed by atoms with E-state index in [1.807, 2.05) is 0 Å². The summed E-state index contributed by atoms with van der Waals surface area (Å²) in [7, 11) is 0. The first kappa shape index (κ1) is 15.9. The number of hydrogen-bond acceptors (Lipinski definition) is 4.